The topological polar surface area (TPSA) is 40.6 Å². The summed E-state index contributed by atoms with van der Waals surface area (Å²) in [5.41, 5.74) is 11.1. The predicted molar refractivity (Wildman–Crippen MR) is 263 cm³/mol. The first-order valence-corrected chi connectivity index (χ1v) is 21.5. The Morgan fingerprint density at radius 3 is 1.59 bits per heavy atom. The molecule has 0 fully saturated rings. The minimum atomic E-state index is 0.690. The van der Waals surface area contributed by atoms with Crippen molar-refractivity contribution in [2.75, 3.05) is 0 Å². The van der Waals surface area contributed by atoms with Crippen molar-refractivity contribution in [3.63, 3.8) is 0 Å². The maximum absolute atomic E-state index is 5.54. The highest BCUT2D eigenvalue weighted by Gasteiger charge is 2.21. The predicted octanol–water partition coefficient (Wildman–Crippen LogP) is 14.9. The quantitative estimate of drug-likeness (QED) is 0.178. The molecule has 4 aromatic heterocycles. The van der Waals surface area contributed by atoms with Crippen LogP contribution in [0.15, 0.2) is 212 Å². The van der Waals surface area contributed by atoms with E-state index >= 15 is 0 Å². The Balaban J connectivity index is 1.02. The van der Waals surface area contributed by atoms with Gasteiger partial charge in [-0.25, -0.2) is 9.97 Å². The SMILES string of the molecule is c1ccc(-n2c3ccccc3c3cc(-c4nc(-n5c6ccccc6c6cc7c(-n8c9ccccc9c9cc%10ccccc%10cc98)cccc7cc65)c5ccccc5n4)ccc32)cc1. The number of benzene rings is 10. The van der Waals surface area contributed by atoms with E-state index < -0.39 is 0 Å². The molecule has 0 radical (unpaired) electrons. The summed E-state index contributed by atoms with van der Waals surface area (Å²) in [5, 5.41) is 13.1. The molecule has 0 aliphatic heterocycles. The van der Waals surface area contributed by atoms with Crippen LogP contribution in [0.3, 0.4) is 0 Å². The van der Waals surface area contributed by atoms with Gasteiger partial charge in [0.25, 0.3) is 0 Å². The second-order valence-corrected chi connectivity index (χ2v) is 16.6. The van der Waals surface area contributed by atoms with Gasteiger partial charge in [0, 0.05) is 54.3 Å². The van der Waals surface area contributed by atoms with Gasteiger partial charge >= 0.3 is 0 Å². The van der Waals surface area contributed by atoms with Gasteiger partial charge in [0.05, 0.1) is 44.3 Å². The Morgan fingerprint density at radius 2 is 0.825 bits per heavy atom. The van der Waals surface area contributed by atoms with Crippen LogP contribution >= 0.6 is 0 Å². The number of hydrogen-bond acceptors (Lipinski definition) is 2. The molecular weight excluding hydrogens is 767 g/mol. The molecule has 0 spiro atoms. The number of rotatable bonds is 4. The van der Waals surface area contributed by atoms with Crippen molar-refractivity contribution in [1.82, 2.24) is 23.7 Å². The Labute approximate surface area is 360 Å². The third-order valence-electron chi connectivity index (χ3n) is 13.2. The van der Waals surface area contributed by atoms with E-state index in [-0.39, 0.29) is 0 Å². The lowest BCUT2D eigenvalue weighted by Crippen LogP contribution is -2.03. The number of para-hydroxylation sites is 5. The molecule has 14 aromatic rings. The van der Waals surface area contributed by atoms with Gasteiger partial charge in [0.1, 0.15) is 5.82 Å². The molecule has 5 heteroatoms. The van der Waals surface area contributed by atoms with Crippen LogP contribution < -0.4 is 0 Å². The van der Waals surface area contributed by atoms with E-state index in [0.29, 0.717) is 5.82 Å². The first-order valence-electron chi connectivity index (χ1n) is 21.5. The third kappa shape index (κ3) is 4.93. The second-order valence-electron chi connectivity index (χ2n) is 16.6. The van der Waals surface area contributed by atoms with Crippen molar-refractivity contribution in [1.29, 1.82) is 0 Å². The summed E-state index contributed by atoms with van der Waals surface area (Å²) in [6.45, 7) is 0. The van der Waals surface area contributed by atoms with Crippen LogP contribution in [-0.2, 0) is 0 Å². The van der Waals surface area contributed by atoms with E-state index in [1.807, 2.05) is 0 Å². The summed E-state index contributed by atoms with van der Waals surface area (Å²) >= 11 is 0. The third-order valence-corrected chi connectivity index (χ3v) is 13.2. The zero-order valence-corrected chi connectivity index (χ0v) is 33.9. The van der Waals surface area contributed by atoms with Gasteiger partial charge in [0.2, 0.25) is 0 Å². The molecule has 4 heterocycles. The zero-order chi connectivity index (χ0) is 41.2. The molecule has 0 saturated carbocycles. The molecule has 14 rings (SSSR count). The first kappa shape index (κ1) is 34.2. The van der Waals surface area contributed by atoms with Crippen molar-refractivity contribution >= 4 is 97.9 Å². The molecule has 5 nitrogen and oxygen atoms in total. The molecule has 63 heavy (non-hydrogen) atoms. The van der Waals surface area contributed by atoms with Gasteiger partial charge in [-0.1, -0.05) is 121 Å². The minimum absolute atomic E-state index is 0.690. The molecule has 0 atom stereocenters. The van der Waals surface area contributed by atoms with Gasteiger partial charge in [0.15, 0.2) is 5.82 Å². The molecule has 0 unspecified atom stereocenters. The monoisotopic (exact) mass is 801 g/mol. The van der Waals surface area contributed by atoms with E-state index in [4.69, 9.17) is 9.97 Å². The van der Waals surface area contributed by atoms with E-state index in [0.717, 1.165) is 55.6 Å². The highest BCUT2D eigenvalue weighted by atomic mass is 15.1. The molecule has 292 valence electrons. The van der Waals surface area contributed by atoms with E-state index in [1.54, 1.807) is 0 Å². The summed E-state index contributed by atoms with van der Waals surface area (Å²) in [5.74, 6) is 1.55. The minimum Gasteiger partial charge on any atom is -0.309 e. The fraction of sp³-hybridized carbons (Fsp3) is 0. The van der Waals surface area contributed by atoms with Crippen LogP contribution in [0.25, 0.3) is 126 Å². The number of aromatic nitrogens is 5. The first-order chi connectivity index (χ1) is 31.2. The average molecular weight is 802 g/mol. The summed E-state index contributed by atoms with van der Waals surface area (Å²) in [6, 6.07) is 76.7. The van der Waals surface area contributed by atoms with Gasteiger partial charge in [-0.05, 0) is 107 Å². The van der Waals surface area contributed by atoms with Crippen molar-refractivity contribution in [3.8, 4) is 28.6 Å². The highest BCUT2D eigenvalue weighted by molar-refractivity contribution is 6.18. The lowest BCUT2D eigenvalue weighted by atomic mass is 10.0. The van der Waals surface area contributed by atoms with Crippen molar-refractivity contribution in [3.05, 3.63) is 212 Å². The summed E-state index contributed by atoms with van der Waals surface area (Å²) < 4.78 is 7.16. The normalized spacial score (nSPS) is 12.1. The molecule has 0 saturated heterocycles. The standard InChI is InChI=1S/C58H35N5/c1-2-18-40(19-3-1)61-50-25-11-7-20-41(50)46-32-39(29-30-54(46)61)57-59-49-24-10-6-23-44(49)58(60-57)63-52-27-13-9-22-43(52)48-35-45-38(34-56(48)63)17-14-28-53(45)62-51-26-12-8-21-42(51)47-31-36-15-4-5-16-37(36)33-55(47)62/h1-35H. The van der Waals surface area contributed by atoms with Gasteiger partial charge in [-0.15, -0.1) is 0 Å². The lowest BCUT2D eigenvalue weighted by molar-refractivity contribution is 1.08. The summed E-state index contributed by atoms with van der Waals surface area (Å²) in [7, 11) is 0. The van der Waals surface area contributed by atoms with Crippen LogP contribution in [0.5, 0.6) is 0 Å². The average Bonchev–Trinajstić information content (AvgIpc) is 3.97. The summed E-state index contributed by atoms with van der Waals surface area (Å²) in [4.78, 5) is 10.8. The smallest absolute Gasteiger partial charge is 0.162 e. The maximum Gasteiger partial charge on any atom is 0.162 e. The highest BCUT2D eigenvalue weighted by Crippen LogP contribution is 2.42. The Hall–Kier alpha value is -8.54. The Bertz CT molecular complexity index is 4210. The summed E-state index contributed by atoms with van der Waals surface area (Å²) in [6.07, 6.45) is 0. The molecular formula is C58H35N5. The lowest BCUT2D eigenvalue weighted by Gasteiger charge is -2.14. The van der Waals surface area contributed by atoms with Crippen LogP contribution in [0.2, 0.25) is 0 Å². The van der Waals surface area contributed by atoms with E-state index in [9.17, 15) is 0 Å². The van der Waals surface area contributed by atoms with Gasteiger partial charge in [-0.3, -0.25) is 4.57 Å². The van der Waals surface area contributed by atoms with Crippen molar-refractivity contribution in [2.24, 2.45) is 0 Å². The van der Waals surface area contributed by atoms with Gasteiger partial charge < -0.3 is 9.13 Å². The number of hydrogen-bond donors (Lipinski definition) is 0. The van der Waals surface area contributed by atoms with Gasteiger partial charge in [-0.2, -0.15) is 0 Å². The van der Waals surface area contributed by atoms with Crippen LogP contribution in [0.4, 0.5) is 0 Å². The van der Waals surface area contributed by atoms with Crippen LogP contribution in [0, 0.1) is 0 Å². The maximum atomic E-state index is 5.54. The molecule has 10 aromatic carbocycles. The van der Waals surface area contributed by atoms with Crippen molar-refractivity contribution in [2.45, 2.75) is 0 Å². The molecule has 0 aliphatic carbocycles. The van der Waals surface area contributed by atoms with E-state index in [1.165, 1.54) is 65.0 Å². The fourth-order valence-electron chi connectivity index (χ4n) is 10.4. The molecule has 0 aliphatic rings. The molecule has 0 bridgehead atoms. The Kier molecular flexibility index (Phi) is 7.05. The fourth-order valence-corrected chi connectivity index (χ4v) is 10.4. The second kappa shape index (κ2) is 13.0. The Morgan fingerprint density at radius 1 is 0.286 bits per heavy atom. The molecule has 0 amide bonds. The number of fused-ring (bicyclic) bond motifs is 12. The zero-order valence-electron chi connectivity index (χ0n) is 33.9. The van der Waals surface area contributed by atoms with Crippen LogP contribution in [-0.4, -0.2) is 23.7 Å². The van der Waals surface area contributed by atoms with Crippen molar-refractivity contribution < 1.29 is 0 Å². The molecule has 0 N–H and O–H groups in total. The van der Waals surface area contributed by atoms with Crippen LogP contribution in [0.1, 0.15) is 0 Å². The van der Waals surface area contributed by atoms with E-state index in [2.05, 4.69) is 226 Å². The largest absolute Gasteiger partial charge is 0.309 e. The number of nitrogens with zero attached hydrogens (tertiary/aromatic N) is 5.